The number of hydrogen-bond donors (Lipinski definition) is 2. The normalized spacial score (nSPS) is 10.5. The number of fused-ring (bicyclic) bond motifs is 1. The zero-order chi connectivity index (χ0) is 14.8. The van der Waals surface area contributed by atoms with Crippen molar-refractivity contribution in [2.45, 2.75) is 0 Å². The molecule has 0 unspecified atom stereocenters. The van der Waals surface area contributed by atoms with Crippen LogP contribution in [-0.2, 0) is 0 Å². The monoisotopic (exact) mass is 281 g/mol. The van der Waals surface area contributed by atoms with Crippen LogP contribution in [0.2, 0.25) is 0 Å². The van der Waals surface area contributed by atoms with E-state index in [0.717, 1.165) is 0 Å². The van der Waals surface area contributed by atoms with Crippen LogP contribution in [-0.4, -0.2) is 21.2 Å². The van der Waals surface area contributed by atoms with Gasteiger partial charge in [0, 0.05) is 11.6 Å². The molecule has 3 aromatic rings. The van der Waals surface area contributed by atoms with E-state index in [1.54, 1.807) is 42.7 Å². The fourth-order valence-corrected chi connectivity index (χ4v) is 2.08. The topological polar surface area (TPSA) is 79.7 Å². The van der Waals surface area contributed by atoms with E-state index in [9.17, 15) is 9.90 Å². The molecule has 3 rings (SSSR count). The Morgan fingerprint density at radius 3 is 2.71 bits per heavy atom. The fraction of sp³-hybridized carbons (Fsp3) is 0. The predicted octanol–water partition coefficient (Wildman–Crippen LogP) is 3.43. The minimum Gasteiger partial charge on any atom is -0.507 e. The highest BCUT2D eigenvalue weighted by Crippen LogP contribution is 2.33. The van der Waals surface area contributed by atoms with Gasteiger partial charge in [-0.2, -0.15) is 0 Å². The summed E-state index contributed by atoms with van der Waals surface area (Å²) in [5, 5.41) is 20.2. The molecule has 0 atom stereocenters. The Labute approximate surface area is 120 Å². The van der Waals surface area contributed by atoms with Crippen molar-refractivity contribution in [3.8, 4) is 17.2 Å². The molecule has 0 spiro atoms. The van der Waals surface area contributed by atoms with Crippen LogP contribution in [0.5, 0.6) is 17.2 Å². The molecule has 0 aliphatic heterocycles. The third kappa shape index (κ3) is 2.49. The molecule has 21 heavy (non-hydrogen) atoms. The van der Waals surface area contributed by atoms with E-state index >= 15 is 0 Å². The molecule has 2 N–H and O–H groups in total. The van der Waals surface area contributed by atoms with Crippen molar-refractivity contribution < 1.29 is 19.7 Å². The summed E-state index contributed by atoms with van der Waals surface area (Å²) in [4.78, 5) is 15.0. The molecule has 0 amide bonds. The van der Waals surface area contributed by atoms with Crippen LogP contribution in [0, 0.1) is 0 Å². The van der Waals surface area contributed by atoms with E-state index in [1.165, 1.54) is 12.1 Å². The second-order valence-corrected chi connectivity index (χ2v) is 4.44. The van der Waals surface area contributed by atoms with E-state index < -0.39 is 5.97 Å². The van der Waals surface area contributed by atoms with Gasteiger partial charge in [0.25, 0.3) is 0 Å². The molecule has 0 saturated heterocycles. The summed E-state index contributed by atoms with van der Waals surface area (Å²) < 4.78 is 5.73. The average molecular weight is 281 g/mol. The molecule has 0 aliphatic rings. The fourth-order valence-electron chi connectivity index (χ4n) is 2.08. The number of aromatic carboxylic acids is 1. The van der Waals surface area contributed by atoms with Gasteiger partial charge in [-0.15, -0.1) is 0 Å². The molecule has 5 heteroatoms. The van der Waals surface area contributed by atoms with E-state index in [-0.39, 0.29) is 11.3 Å². The number of carboxylic acids is 1. The number of carboxylic acid groups (broad SMARTS) is 1. The second-order valence-electron chi connectivity index (χ2n) is 4.44. The molecule has 0 fully saturated rings. The highest BCUT2D eigenvalue weighted by atomic mass is 16.5. The lowest BCUT2D eigenvalue weighted by Gasteiger charge is -2.10. The van der Waals surface area contributed by atoms with E-state index in [2.05, 4.69) is 4.98 Å². The Morgan fingerprint density at radius 2 is 2.00 bits per heavy atom. The van der Waals surface area contributed by atoms with Gasteiger partial charge in [0.15, 0.2) is 0 Å². The van der Waals surface area contributed by atoms with Gasteiger partial charge >= 0.3 is 5.97 Å². The summed E-state index contributed by atoms with van der Waals surface area (Å²) >= 11 is 0. The molecule has 1 heterocycles. The van der Waals surface area contributed by atoms with Crippen LogP contribution in [0.25, 0.3) is 10.8 Å². The Hall–Kier alpha value is -3.08. The van der Waals surface area contributed by atoms with E-state index in [4.69, 9.17) is 9.84 Å². The first-order valence-corrected chi connectivity index (χ1v) is 6.22. The Morgan fingerprint density at radius 1 is 1.14 bits per heavy atom. The highest BCUT2D eigenvalue weighted by molar-refractivity contribution is 5.99. The molecular weight excluding hydrogens is 270 g/mol. The molecule has 0 radical (unpaired) electrons. The first-order valence-electron chi connectivity index (χ1n) is 6.22. The lowest BCUT2D eigenvalue weighted by Crippen LogP contribution is -1.97. The van der Waals surface area contributed by atoms with Crippen molar-refractivity contribution in [1.82, 2.24) is 4.98 Å². The standard InChI is InChI=1S/C16H11NO4/c18-14-8-12-10(7-13(14)16(19)20)3-1-5-15(12)21-11-4-2-6-17-9-11/h1-9,18H,(H,19,20). The van der Waals surface area contributed by atoms with Gasteiger partial charge in [0.05, 0.1) is 6.20 Å². The van der Waals surface area contributed by atoms with Crippen LogP contribution >= 0.6 is 0 Å². The number of carbonyl (C=O) groups is 1. The number of hydrogen-bond acceptors (Lipinski definition) is 4. The molecule has 1 aromatic heterocycles. The van der Waals surface area contributed by atoms with Gasteiger partial charge in [-0.25, -0.2) is 4.79 Å². The third-order valence-electron chi connectivity index (χ3n) is 3.05. The minimum atomic E-state index is -1.17. The Balaban J connectivity index is 2.12. The molecule has 0 aliphatic carbocycles. The number of rotatable bonds is 3. The van der Waals surface area contributed by atoms with Crippen LogP contribution in [0.15, 0.2) is 54.9 Å². The number of phenols is 1. The first kappa shape index (κ1) is 12.9. The maximum Gasteiger partial charge on any atom is 0.339 e. The van der Waals surface area contributed by atoms with E-state index in [1.807, 2.05) is 0 Å². The maximum atomic E-state index is 11.0. The molecule has 104 valence electrons. The maximum absolute atomic E-state index is 11.0. The van der Waals surface area contributed by atoms with Crippen molar-refractivity contribution in [3.63, 3.8) is 0 Å². The second kappa shape index (κ2) is 5.13. The summed E-state index contributed by atoms with van der Waals surface area (Å²) in [5.41, 5.74) is -0.138. The summed E-state index contributed by atoms with van der Waals surface area (Å²) in [7, 11) is 0. The highest BCUT2D eigenvalue weighted by Gasteiger charge is 2.13. The summed E-state index contributed by atoms with van der Waals surface area (Å²) in [6.07, 6.45) is 3.21. The first-order chi connectivity index (χ1) is 10.1. The van der Waals surface area contributed by atoms with E-state index in [0.29, 0.717) is 22.3 Å². The van der Waals surface area contributed by atoms with Crippen molar-refractivity contribution in [2.24, 2.45) is 0 Å². The molecule has 0 saturated carbocycles. The lowest BCUT2D eigenvalue weighted by molar-refractivity contribution is 0.0694. The number of aromatic hydroxyl groups is 1. The summed E-state index contributed by atoms with van der Waals surface area (Å²) in [6.45, 7) is 0. The quantitative estimate of drug-likeness (QED) is 0.768. The van der Waals surface area contributed by atoms with Crippen molar-refractivity contribution >= 4 is 16.7 Å². The Bertz CT molecular complexity index is 815. The number of aromatic nitrogens is 1. The van der Waals surface area contributed by atoms with Crippen LogP contribution in [0.3, 0.4) is 0 Å². The number of pyridine rings is 1. The number of nitrogens with zero attached hydrogens (tertiary/aromatic N) is 1. The average Bonchev–Trinajstić information content (AvgIpc) is 2.48. The molecular formula is C16H11NO4. The van der Waals surface area contributed by atoms with Gasteiger partial charge in [0.1, 0.15) is 22.8 Å². The lowest BCUT2D eigenvalue weighted by atomic mass is 10.1. The molecule has 0 bridgehead atoms. The van der Waals surface area contributed by atoms with Crippen LogP contribution in [0.1, 0.15) is 10.4 Å². The number of benzene rings is 2. The minimum absolute atomic E-state index is 0.138. The van der Waals surface area contributed by atoms with Crippen LogP contribution in [0.4, 0.5) is 0 Å². The van der Waals surface area contributed by atoms with Crippen molar-refractivity contribution in [1.29, 1.82) is 0 Å². The van der Waals surface area contributed by atoms with Crippen LogP contribution < -0.4 is 4.74 Å². The Kier molecular flexibility index (Phi) is 3.16. The zero-order valence-electron chi connectivity index (χ0n) is 10.9. The van der Waals surface area contributed by atoms with Gasteiger partial charge in [0.2, 0.25) is 0 Å². The largest absolute Gasteiger partial charge is 0.507 e. The van der Waals surface area contributed by atoms with Gasteiger partial charge < -0.3 is 14.9 Å². The molecule has 2 aromatic carbocycles. The van der Waals surface area contributed by atoms with Gasteiger partial charge in [-0.05, 0) is 35.7 Å². The zero-order valence-corrected chi connectivity index (χ0v) is 10.9. The molecule has 5 nitrogen and oxygen atoms in total. The number of ether oxygens (including phenoxy) is 1. The van der Waals surface area contributed by atoms with Gasteiger partial charge in [-0.3, -0.25) is 4.98 Å². The third-order valence-corrected chi connectivity index (χ3v) is 3.05. The van der Waals surface area contributed by atoms with Gasteiger partial charge in [-0.1, -0.05) is 12.1 Å². The SMILES string of the molecule is O=C(O)c1cc2cccc(Oc3cccnc3)c2cc1O. The van der Waals surface area contributed by atoms with Crippen molar-refractivity contribution in [2.75, 3.05) is 0 Å². The smallest absolute Gasteiger partial charge is 0.339 e. The van der Waals surface area contributed by atoms with Crippen molar-refractivity contribution in [3.05, 3.63) is 60.4 Å². The summed E-state index contributed by atoms with van der Waals surface area (Å²) in [6, 6.07) is 11.6. The summed E-state index contributed by atoms with van der Waals surface area (Å²) in [5.74, 6) is -0.384. The predicted molar refractivity (Wildman–Crippen MR) is 76.9 cm³/mol.